The van der Waals surface area contributed by atoms with Crippen LogP contribution in [0, 0.1) is 62.3 Å². The van der Waals surface area contributed by atoms with Gasteiger partial charge in [0, 0.05) is 0 Å². The van der Waals surface area contributed by atoms with Gasteiger partial charge in [0.15, 0.2) is 0 Å². The molecule has 0 bridgehead atoms. The summed E-state index contributed by atoms with van der Waals surface area (Å²) in [5, 5.41) is 4.89. The van der Waals surface area contributed by atoms with Gasteiger partial charge in [-0.1, -0.05) is 81.7 Å². The minimum atomic E-state index is 0.618. The second kappa shape index (κ2) is 16.7. The Morgan fingerprint density at radius 2 is 0.912 bits per heavy atom. The Kier molecular flexibility index (Phi) is 11.7. The molecule has 304 valence electrons. The number of hydrazine groups is 3. The summed E-state index contributed by atoms with van der Waals surface area (Å²) in [6.07, 6.45) is 21.0. The van der Waals surface area contributed by atoms with E-state index in [4.69, 9.17) is 0 Å². The Morgan fingerprint density at radius 1 is 0.404 bits per heavy atom. The SMILES string of the molecule is Cc1cc(C)c(C2CCCC2)cc1NN(c1ccc(C)c(C2CCCC2)c1C)N(Nc1c(C)cc(C)c(C2CCCC2)c1C)c1c(C)ccc(C2CCCC2)c1C. The van der Waals surface area contributed by atoms with E-state index in [0.29, 0.717) is 23.7 Å². The standard InChI is InChI=1S/C53H72N4/c1-33-27-29-49(40(8)50(33)44-22-14-15-23-44)56(54-48-32-47(35(3)30-36(48)4)43-20-12-13-21-43)57(53-34(2)26-28-46(39(53)7)42-18-10-11-19-42)55-52-38(6)31-37(5)51(41(52)9)45-24-16-17-25-45/h26-32,42-45,54-55H,10-25H2,1-9H3. The van der Waals surface area contributed by atoms with Crippen LogP contribution in [0.25, 0.3) is 0 Å². The van der Waals surface area contributed by atoms with Crippen molar-refractivity contribution in [2.45, 2.75) is 189 Å². The van der Waals surface area contributed by atoms with Gasteiger partial charge in [0.05, 0.1) is 22.7 Å². The van der Waals surface area contributed by atoms with Crippen LogP contribution < -0.4 is 21.1 Å². The van der Waals surface area contributed by atoms with Crippen LogP contribution in [0.15, 0.2) is 42.5 Å². The van der Waals surface area contributed by atoms with Crippen LogP contribution in [0.5, 0.6) is 0 Å². The summed E-state index contributed by atoms with van der Waals surface area (Å²) in [5.41, 5.74) is 32.0. The Hall–Kier alpha value is -3.92. The molecule has 57 heavy (non-hydrogen) atoms. The summed E-state index contributed by atoms with van der Waals surface area (Å²) < 4.78 is 0. The molecule has 4 aromatic carbocycles. The number of hydrogen-bond donors (Lipinski definition) is 2. The molecule has 0 amide bonds. The Bertz CT molecular complexity index is 2090. The van der Waals surface area contributed by atoms with E-state index >= 15 is 0 Å². The monoisotopic (exact) mass is 765 g/mol. The highest BCUT2D eigenvalue weighted by Crippen LogP contribution is 2.46. The maximum Gasteiger partial charge on any atom is 0.0894 e. The van der Waals surface area contributed by atoms with Crippen LogP contribution in [-0.4, -0.2) is 0 Å². The first kappa shape index (κ1) is 39.9. The molecular weight excluding hydrogens is 693 g/mol. The van der Waals surface area contributed by atoms with Crippen LogP contribution in [0.3, 0.4) is 0 Å². The second-order valence-electron chi connectivity index (χ2n) is 19.1. The lowest BCUT2D eigenvalue weighted by Crippen LogP contribution is -2.52. The van der Waals surface area contributed by atoms with Gasteiger partial charge in [0.1, 0.15) is 0 Å². The Morgan fingerprint density at radius 3 is 1.51 bits per heavy atom. The minimum Gasteiger partial charge on any atom is -0.278 e. The summed E-state index contributed by atoms with van der Waals surface area (Å²) in [5.74, 6) is 2.52. The summed E-state index contributed by atoms with van der Waals surface area (Å²) in [6.45, 7) is 21.2. The maximum absolute atomic E-state index is 4.27. The molecule has 4 heteroatoms. The van der Waals surface area contributed by atoms with Crippen molar-refractivity contribution in [1.82, 2.24) is 0 Å². The van der Waals surface area contributed by atoms with Gasteiger partial charge < -0.3 is 0 Å². The quantitative estimate of drug-likeness (QED) is 0.149. The lowest BCUT2D eigenvalue weighted by Gasteiger charge is -2.43. The fraction of sp³-hybridized carbons (Fsp3) is 0.547. The largest absolute Gasteiger partial charge is 0.278 e. The molecule has 8 rings (SSSR count). The van der Waals surface area contributed by atoms with Crippen LogP contribution in [0.2, 0.25) is 0 Å². The van der Waals surface area contributed by atoms with Gasteiger partial charge >= 0.3 is 0 Å². The number of hydrogen-bond acceptors (Lipinski definition) is 4. The minimum absolute atomic E-state index is 0.618. The predicted molar refractivity (Wildman–Crippen MR) is 245 cm³/mol. The van der Waals surface area contributed by atoms with Crippen molar-refractivity contribution in [3.63, 3.8) is 0 Å². The van der Waals surface area contributed by atoms with Crippen molar-refractivity contribution in [3.05, 3.63) is 115 Å². The Labute approximate surface area is 346 Å². The number of nitrogens with zero attached hydrogens (tertiary/aromatic N) is 2. The van der Waals surface area contributed by atoms with Crippen LogP contribution in [-0.2, 0) is 0 Å². The molecule has 0 saturated heterocycles. The predicted octanol–water partition coefficient (Wildman–Crippen LogP) is 15.4. The van der Waals surface area contributed by atoms with E-state index < -0.39 is 0 Å². The fourth-order valence-electron chi connectivity index (χ4n) is 12.3. The van der Waals surface area contributed by atoms with E-state index in [-0.39, 0.29) is 0 Å². The van der Waals surface area contributed by atoms with Crippen molar-refractivity contribution in [1.29, 1.82) is 0 Å². The first-order chi connectivity index (χ1) is 27.5. The summed E-state index contributed by atoms with van der Waals surface area (Å²) >= 11 is 0. The summed E-state index contributed by atoms with van der Waals surface area (Å²) in [4.78, 5) is 0. The van der Waals surface area contributed by atoms with Crippen molar-refractivity contribution >= 4 is 22.7 Å². The molecule has 0 heterocycles. The number of rotatable bonds is 11. The van der Waals surface area contributed by atoms with Gasteiger partial charge in [-0.15, -0.1) is 0 Å². The molecule has 0 unspecified atom stereocenters. The molecule has 4 nitrogen and oxygen atoms in total. The molecule has 0 radical (unpaired) electrons. The van der Waals surface area contributed by atoms with Crippen LogP contribution in [0.4, 0.5) is 22.7 Å². The average Bonchev–Trinajstić information content (AvgIpc) is 4.03. The Balaban J connectivity index is 1.36. The normalized spacial score (nSPS) is 18.3. The lowest BCUT2D eigenvalue weighted by molar-refractivity contribution is 0.707. The lowest BCUT2D eigenvalue weighted by atomic mass is 9.87. The topological polar surface area (TPSA) is 30.5 Å². The third-order valence-corrected chi connectivity index (χ3v) is 15.2. The third kappa shape index (κ3) is 7.72. The third-order valence-electron chi connectivity index (χ3n) is 15.2. The van der Waals surface area contributed by atoms with Gasteiger partial charge in [-0.25, -0.2) is 0 Å². The number of aryl methyl sites for hydroxylation is 6. The van der Waals surface area contributed by atoms with Gasteiger partial charge in [0.2, 0.25) is 0 Å². The molecule has 0 spiro atoms. The second-order valence-corrected chi connectivity index (χ2v) is 19.1. The van der Waals surface area contributed by atoms with E-state index in [1.807, 2.05) is 0 Å². The summed E-state index contributed by atoms with van der Waals surface area (Å²) in [7, 11) is 0. The molecule has 4 aromatic rings. The van der Waals surface area contributed by atoms with E-state index in [9.17, 15) is 0 Å². The molecule has 0 atom stereocenters. The van der Waals surface area contributed by atoms with Gasteiger partial charge in [-0.3, -0.25) is 10.9 Å². The van der Waals surface area contributed by atoms with E-state index in [1.165, 1.54) is 187 Å². The van der Waals surface area contributed by atoms with Crippen molar-refractivity contribution < 1.29 is 0 Å². The molecule has 2 N–H and O–H groups in total. The molecular formula is C53H72N4. The zero-order valence-corrected chi connectivity index (χ0v) is 37.1. The van der Waals surface area contributed by atoms with E-state index in [1.54, 1.807) is 11.1 Å². The fourth-order valence-corrected chi connectivity index (χ4v) is 12.3. The maximum atomic E-state index is 4.27. The van der Waals surface area contributed by atoms with E-state index in [2.05, 4.69) is 126 Å². The van der Waals surface area contributed by atoms with Crippen molar-refractivity contribution in [2.75, 3.05) is 21.1 Å². The highest BCUT2D eigenvalue weighted by atomic mass is 15.9. The first-order valence-electron chi connectivity index (χ1n) is 23.1. The van der Waals surface area contributed by atoms with Crippen LogP contribution in [0.1, 0.15) is 199 Å². The molecule has 4 aliphatic rings. The smallest absolute Gasteiger partial charge is 0.0894 e. The molecule has 4 aliphatic carbocycles. The van der Waals surface area contributed by atoms with Gasteiger partial charge in [-0.05, 0) is 222 Å². The molecule has 4 saturated carbocycles. The molecule has 0 aliphatic heterocycles. The molecule has 0 aromatic heterocycles. The zero-order valence-electron chi connectivity index (χ0n) is 37.1. The number of anilines is 4. The first-order valence-corrected chi connectivity index (χ1v) is 23.1. The van der Waals surface area contributed by atoms with Crippen molar-refractivity contribution in [3.8, 4) is 0 Å². The van der Waals surface area contributed by atoms with Crippen LogP contribution >= 0.6 is 0 Å². The zero-order chi connectivity index (χ0) is 40.0. The van der Waals surface area contributed by atoms with Gasteiger partial charge in [-0.2, -0.15) is 10.2 Å². The highest BCUT2D eigenvalue weighted by molar-refractivity contribution is 5.76. The number of nitrogens with one attached hydrogen (secondary N) is 2. The number of benzene rings is 4. The highest BCUT2D eigenvalue weighted by Gasteiger charge is 2.32. The van der Waals surface area contributed by atoms with Crippen molar-refractivity contribution in [2.24, 2.45) is 0 Å². The average molecular weight is 765 g/mol. The summed E-state index contributed by atoms with van der Waals surface area (Å²) in [6, 6.07) is 17.1. The van der Waals surface area contributed by atoms with E-state index in [0.717, 1.165) is 0 Å². The molecule has 4 fully saturated rings. The van der Waals surface area contributed by atoms with Gasteiger partial charge in [0.25, 0.3) is 0 Å².